The van der Waals surface area contributed by atoms with Gasteiger partial charge in [-0.25, -0.2) is 4.79 Å². The van der Waals surface area contributed by atoms with Gasteiger partial charge in [0.15, 0.2) is 0 Å². The molecule has 1 aromatic heterocycles. The topological polar surface area (TPSA) is 51.2 Å². The molecule has 4 nitrogen and oxygen atoms in total. The summed E-state index contributed by atoms with van der Waals surface area (Å²) in [5.41, 5.74) is 3.74. The lowest BCUT2D eigenvalue weighted by atomic mass is 10.1. The summed E-state index contributed by atoms with van der Waals surface area (Å²) in [6, 6.07) is 9.62. The van der Waals surface area contributed by atoms with Crippen molar-refractivity contribution in [3.05, 3.63) is 59.4 Å². The number of pyridine rings is 1. The molecule has 0 saturated carbocycles. The highest BCUT2D eigenvalue weighted by molar-refractivity contribution is 5.90. The molecule has 0 aliphatic rings. The first-order valence-corrected chi connectivity index (χ1v) is 6.47. The Morgan fingerprint density at radius 1 is 1.25 bits per heavy atom. The Balaban J connectivity index is 2.16. The van der Waals surface area contributed by atoms with Crippen LogP contribution in [0.25, 0.3) is 0 Å². The number of methoxy groups -OCH3 is 1. The molecule has 1 heterocycles. The zero-order valence-corrected chi connectivity index (χ0v) is 11.9. The first-order valence-electron chi connectivity index (χ1n) is 6.47. The van der Waals surface area contributed by atoms with E-state index in [0.29, 0.717) is 5.56 Å². The number of rotatable bonds is 4. The molecular weight excluding hydrogens is 252 g/mol. The van der Waals surface area contributed by atoms with Gasteiger partial charge in [0.1, 0.15) is 0 Å². The standard InChI is InChI=1S/C16H18N2O2/c1-11-10-14(16(19)20-3)4-5-15(11)18-12(2)13-6-8-17-9-7-13/h4-10,12,18H,1-3H3. The van der Waals surface area contributed by atoms with Crippen LogP contribution in [-0.4, -0.2) is 18.1 Å². The van der Waals surface area contributed by atoms with Crippen molar-refractivity contribution in [1.82, 2.24) is 4.98 Å². The average molecular weight is 270 g/mol. The van der Waals surface area contributed by atoms with Crippen molar-refractivity contribution in [2.45, 2.75) is 19.9 Å². The molecule has 0 bridgehead atoms. The minimum Gasteiger partial charge on any atom is -0.465 e. The molecule has 2 rings (SSSR count). The normalized spacial score (nSPS) is 11.8. The number of hydrogen-bond acceptors (Lipinski definition) is 4. The third-order valence-corrected chi connectivity index (χ3v) is 3.23. The Morgan fingerprint density at radius 3 is 2.55 bits per heavy atom. The van der Waals surface area contributed by atoms with Gasteiger partial charge in [-0.2, -0.15) is 0 Å². The molecule has 0 saturated heterocycles. The molecule has 0 aliphatic carbocycles. The van der Waals surface area contributed by atoms with Crippen LogP contribution >= 0.6 is 0 Å². The Kier molecular flexibility index (Phi) is 4.35. The summed E-state index contributed by atoms with van der Waals surface area (Å²) in [4.78, 5) is 15.5. The Hall–Kier alpha value is -2.36. The number of aryl methyl sites for hydroxylation is 1. The van der Waals surface area contributed by atoms with Gasteiger partial charge in [0.25, 0.3) is 0 Å². The number of esters is 1. The van der Waals surface area contributed by atoms with E-state index in [4.69, 9.17) is 4.74 Å². The van der Waals surface area contributed by atoms with E-state index in [-0.39, 0.29) is 12.0 Å². The SMILES string of the molecule is COC(=O)c1ccc(NC(C)c2ccncc2)c(C)c1. The summed E-state index contributed by atoms with van der Waals surface area (Å²) in [7, 11) is 1.38. The van der Waals surface area contributed by atoms with Crippen molar-refractivity contribution in [3.63, 3.8) is 0 Å². The van der Waals surface area contributed by atoms with Crippen molar-refractivity contribution < 1.29 is 9.53 Å². The molecule has 104 valence electrons. The number of anilines is 1. The summed E-state index contributed by atoms with van der Waals surface area (Å²) < 4.78 is 4.72. The van der Waals surface area contributed by atoms with Gasteiger partial charge in [-0.3, -0.25) is 4.98 Å². The number of nitrogens with one attached hydrogen (secondary N) is 1. The minimum absolute atomic E-state index is 0.167. The molecule has 2 aromatic rings. The van der Waals surface area contributed by atoms with E-state index >= 15 is 0 Å². The van der Waals surface area contributed by atoms with Crippen LogP contribution in [-0.2, 0) is 4.74 Å². The molecule has 0 aliphatic heterocycles. The van der Waals surface area contributed by atoms with Gasteiger partial charge in [0.05, 0.1) is 12.7 Å². The molecule has 0 amide bonds. The van der Waals surface area contributed by atoms with Gasteiger partial charge in [-0.15, -0.1) is 0 Å². The van der Waals surface area contributed by atoms with E-state index in [9.17, 15) is 4.79 Å². The predicted molar refractivity (Wildman–Crippen MR) is 78.8 cm³/mol. The third-order valence-electron chi connectivity index (χ3n) is 3.23. The van der Waals surface area contributed by atoms with Gasteiger partial charge in [-0.1, -0.05) is 0 Å². The molecule has 1 N–H and O–H groups in total. The lowest BCUT2D eigenvalue weighted by molar-refractivity contribution is 0.0600. The molecule has 1 aromatic carbocycles. The molecule has 20 heavy (non-hydrogen) atoms. The summed E-state index contributed by atoms with van der Waals surface area (Å²) in [5, 5.41) is 3.43. The van der Waals surface area contributed by atoms with E-state index in [2.05, 4.69) is 17.2 Å². The smallest absolute Gasteiger partial charge is 0.337 e. The lowest BCUT2D eigenvalue weighted by Crippen LogP contribution is -2.09. The Morgan fingerprint density at radius 2 is 1.95 bits per heavy atom. The molecule has 1 atom stereocenters. The number of hydrogen-bond donors (Lipinski definition) is 1. The maximum absolute atomic E-state index is 11.5. The maximum Gasteiger partial charge on any atom is 0.337 e. The lowest BCUT2D eigenvalue weighted by Gasteiger charge is -2.17. The second-order valence-corrected chi connectivity index (χ2v) is 4.67. The first-order chi connectivity index (χ1) is 9.61. The first kappa shape index (κ1) is 14.1. The molecule has 1 unspecified atom stereocenters. The van der Waals surface area contributed by atoms with Crippen LogP contribution in [0.15, 0.2) is 42.7 Å². The molecule has 4 heteroatoms. The minimum atomic E-state index is -0.318. The monoisotopic (exact) mass is 270 g/mol. The maximum atomic E-state index is 11.5. The van der Waals surface area contributed by atoms with Crippen molar-refractivity contribution in [2.75, 3.05) is 12.4 Å². The van der Waals surface area contributed by atoms with Gasteiger partial charge >= 0.3 is 5.97 Å². The number of aromatic nitrogens is 1. The fourth-order valence-corrected chi connectivity index (χ4v) is 2.04. The Bertz CT molecular complexity index is 597. The summed E-state index contributed by atoms with van der Waals surface area (Å²) in [6.07, 6.45) is 3.56. The van der Waals surface area contributed by atoms with Crippen LogP contribution in [0.5, 0.6) is 0 Å². The third kappa shape index (κ3) is 3.15. The average Bonchev–Trinajstić information content (AvgIpc) is 2.49. The number of nitrogens with zero attached hydrogens (tertiary/aromatic N) is 1. The van der Waals surface area contributed by atoms with Crippen LogP contribution in [0, 0.1) is 6.92 Å². The van der Waals surface area contributed by atoms with Crippen molar-refractivity contribution >= 4 is 11.7 Å². The number of ether oxygens (including phenoxy) is 1. The van der Waals surface area contributed by atoms with Gasteiger partial charge in [0, 0.05) is 24.1 Å². The largest absolute Gasteiger partial charge is 0.465 e. The quantitative estimate of drug-likeness (QED) is 0.866. The van der Waals surface area contributed by atoms with Crippen molar-refractivity contribution in [3.8, 4) is 0 Å². The van der Waals surface area contributed by atoms with Crippen LogP contribution < -0.4 is 5.32 Å². The zero-order valence-electron chi connectivity index (χ0n) is 11.9. The highest BCUT2D eigenvalue weighted by Gasteiger charge is 2.10. The van der Waals surface area contributed by atoms with E-state index < -0.39 is 0 Å². The second kappa shape index (κ2) is 6.19. The van der Waals surface area contributed by atoms with Crippen molar-refractivity contribution in [1.29, 1.82) is 0 Å². The molecule has 0 spiro atoms. The van der Waals surface area contributed by atoms with E-state index in [1.807, 2.05) is 31.2 Å². The Labute approximate surface area is 118 Å². The fourth-order valence-electron chi connectivity index (χ4n) is 2.04. The van der Waals surface area contributed by atoms with Crippen LogP contribution in [0.4, 0.5) is 5.69 Å². The molecule has 0 radical (unpaired) electrons. The van der Waals surface area contributed by atoms with Gasteiger partial charge < -0.3 is 10.1 Å². The van der Waals surface area contributed by atoms with Crippen LogP contribution in [0.2, 0.25) is 0 Å². The fraction of sp³-hybridized carbons (Fsp3) is 0.250. The summed E-state index contributed by atoms with van der Waals surface area (Å²) >= 11 is 0. The zero-order chi connectivity index (χ0) is 14.5. The molecule has 0 fully saturated rings. The van der Waals surface area contributed by atoms with E-state index in [1.165, 1.54) is 7.11 Å². The van der Waals surface area contributed by atoms with Gasteiger partial charge in [-0.05, 0) is 55.3 Å². The molecular formula is C16H18N2O2. The van der Waals surface area contributed by atoms with Crippen LogP contribution in [0.1, 0.15) is 34.5 Å². The van der Waals surface area contributed by atoms with E-state index in [1.54, 1.807) is 18.5 Å². The predicted octanol–water partition coefficient (Wildman–Crippen LogP) is 3.35. The van der Waals surface area contributed by atoms with Crippen molar-refractivity contribution in [2.24, 2.45) is 0 Å². The summed E-state index contributed by atoms with van der Waals surface area (Å²) in [6.45, 7) is 4.05. The number of carbonyl (C=O) groups excluding carboxylic acids is 1. The number of benzene rings is 1. The highest BCUT2D eigenvalue weighted by atomic mass is 16.5. The second-order valence-electron chi connectivity index (χ2n) is 4.67. The summed E-state index contributed by atoms with van der Waals surface area (Å²) in [5.74, 6) is -0.318. The van der Waals surface area contributed by atoms with E-state index in [0.717, 1.165) is 16.8 Å². The number of carbonyl (C=O) groups is 1. The van der Waals surface area contributed by atoms with Gasteiger partial charge in [0.2, 0.25) is 0 Å². The van der Waals surface area contributed by atoms with Crippen LogP contribution in [0.3, 0.4) is 0 Å². The highest BCUT2D eigenvalue weighted by Crippen LogP contribution is 2.23.